The zero-order valence-corrected chi connectivity index (χ0v) is 15.5. The highest BCUT2D eigenvalue weighted by atomic mass is 127. The molecule has 22 heavy (non-hydrogen) atoms. The SMILES string of the molecule is C[C@@H]1CCCC[C@@H]1NC(=O)CNS(=O)(=O)c1ccc(I)cc1. The van der Waals surface area contributed by atoms with Crippen molar-refractivity contribution in [2.75, 3.05) is 6.54 Å². The zero-order chi connectivity index (χ0) is 16.2. The predicted molar refractivity (Wildman–Crippen MR) is 93.9 cm³/mol. The van der Waals surface area contributed by atoms with Gasteiger partial charge in [0.1, 0.15) is 0 Å². The molecule has 1 fully saturated rings. The Bertz CT molecular complexity index is 616. The van der Waals surface area contributed by atoms with E-state index >= 15 is 0 Å². The summed E-state index contributed by atoms with van der Waals surface area (Å²) < 4.78 is 27.5. The molecule has 0 bridgehead atoms. The summed E-state index contributed by atoms with van der Waals surface area (Å²) in [6, 6.07) is 6.66. The van der Waals surface area contributed by atoms with Gasteiger partial charge in [-0.2, -0.15) is 0 Å². The molecule has 1 aromatic rings. The highest BCUT2D eigenvalue weighted by Gasteiger charge is 2.23. The van der Waals surface area contributed by atoms with Crippen LogP contribution >= 0.6 is 22.6 Å². The maximum absolute atomic E-state index is 12.1. The van der Waals surface area contributed by atoms with E-state index in [1.165, 1.54) is 18.6 Å². The minimum absolute atomic E-state index is 0.157. The van der Waals surface area contributed by atoms with Crippen LogP contribution in [0.4, 0.5) is 0 Å². The topological polar surface area (TPSA) is 75.3 Å². The van der Waals surface area contributed by atoms with Gasteiger partial charge in [-0.3, -0.25) is 4.79 Å². The van der Waals surface area contributed by atoms with Gasteiger partial charge >= 0.3 is 0 Å². The van der Waals surface area contributed by atoms with Gasteiger partial charge in [0.05, 0.1) is 11.4 Å². The number of hydrogen-bond donors (Lipinski definition) is 2. The number of halogens is 1. The second-order valence-electron chi connectivity index (χ2n) is 5.71. The number of rotatable bonds is 5. The fourth-order valence-corrected chi connectivity index (χ4v) is 3.99. The van der Waals surface area contributed by atoms with Gasteiger partial charge in [-0.15, -0.1) is 0 Å². The molecular formula is C15H21IN2O3S. The Morgan fingerprint density at radius 1 is 1.23 bits per heavy atom. The standard InChI is InChI=1S/C15H21IN2O3S/c1-11-4-2-3-5-14(11)18-15(19)10-17-22(20,21)13-8-6-12(16)7-9-13/h6-9,11,14,17H,2-5,10H2,1H3,(H,18,19)/t11-,14+/m1/s1. The first-order valence-electron chi connectivity index (χ1n) is 7.43. The second kappa shape index (κ2) is 7.74. The molecule has 1 saturated carbocycles. The smallest absolute Gasteiger partial charge is 0.241 e. The molecule has 1 aromatic carbocycles. The largest absolute Gasteiger partial charge is 0.352 e. The van der Waals surface area contributed by atoms with Gasteiger partial charge in [0, 0.05) is 9.61 Å². The predicted octanol–water partition coefficient (Wildman–Crippen LogP) is 2.26. The average molecular weight is 436 g/mol. The molecule has 2 N–H and O–H groups in total. The van der Waals surface area contributed by atoms with Gasteiger partial charge in [-0.1, -0.05) is 19.8 Å². The van der Waals surface area contributed by atoms with E-state index in [2.05, 4.69) is 39.6 Å². The van der Waals surface area contributed by atoms with Crippen LogP contribution in [-0.2, 0) is 14.8 Å². The number of amides is 1. The van der Waals surface area contributed by atoms with E-state index in [0.29, 0.717) is 5.92 Å². The maximum atomic E-state index is 12.1. The number of sulfonamides is 1. The van der Waals surface area contributed by atoms with Crippen LogP contribution in [0.5, 0.6) is 0 Å². The van der Waals surface area contributed by atoms with Crippen molar-refractivity contribution in [3.05, 3.63) is 27.8 Å². The Balaban J connectivity index is 1.88. The molecule has 122 valence electrons. The third-order valence-electron chi connectivity index (χ3n) is 4.00. The van der Waals surface area contributed by atoms with E-state index in [1.807, 2.05) is 0 Å². The van der Waals surface area contributed by atoms with Crippen molar-refractivity contribution in [2.24, 2.45) is 5.92 Å². The van der Waals surface area contributed by atoms with Gasteiger partial charge in [-0.05, 0) is 65.6 Å². The van der Waals surface area contributed by atoms with Crippen LogP contribution in [0.15, 0.2) is 29.2 Å². The second-order valence-corrected chi connectivity index (χ2v) is 8.73. The molecule has 0 heterocycles. The van der Waals surface area contributed by atoms with Crippen LogP contribution < -0.4 is 10.0 Å². The highest BCUT2D eigenvalue weighted by molar-refractivity contribution is 14.1. The van der Waals surface area contributed by atoms with Crippen molar-refractivity contribution >= 4 is 38.5 Å². The van der Waals surface area contributed by atoms with Crippen LogP contribution in [0.25, 0.3) is 0 Å². The summed E-state index contributed by atoms with van der Waals surface area (Å²) in [5, 5.41) is 2.93. The number of hydrogen-bond acceptors (Lipinski definition) is 3. The molecule has 7 heteroatoms. The summed E-state index contributed by atoms with van der Waals surface area (Å²) in [5.41, 5.74) is 0. The Morgan fingerprint density at radius 3 is 2.50 bits per heavy atom. The van der Waals surface area contributed by atoms with Crippen LogP contribution in [-0.4, -0.2) is 26.9 Å². The van der Waals surface area contributed by atoms with Crippen LogP contribution in [0.1, 0.15) is 32.6 Å². The van der Waals surface area contributed by atoms with Crippen molar-refractivity contribution in [3.8, 4) is 0 Å². The zero-order valence-electron chi connectivity index (χ0n) is 12.5. The third kappa shape index (κ3) is 4.92. The van der Waals surface area contributed by atoms with Gasteiger partial charge in [0.25, 0.3) is 0 Å². The first kappa shape index (κ1) is 17.7. The van der Waals surface area contributed by atoms with Crippen LogP contribution in [0.3, 0.4) is 0 Å². The normalized spacial score (nSPS) is 22.3. The fraction of sp³-hybridized carbons (Fsp3) is 0.533. The first-order chi connectivity index (χ1) is 10.4. The summed E-state index contributed by atoms with van der Waals surface area (Å²) >= 11 is 2.11. The lowest BCUT2D eigenvalue weighted by molar-refractivity contribution is -0.121. The minimum Gasteiger partial charge on any atom is -0.352 e. The molecule has 2 rings (SSSR count). The lowest BCUT2D eigenvalue weighted by atomic mass is 9.86. The van der Waals surface area contributed by atoms with Crippen molar-refractivity contribution in [1.82, 2.24) is 10.0 Å². The quantitative estimate of drug-likeness (QED) is 0.696. The molecule has 5 nitrogen and oxygen atoms in total. The third-order valence-corrected chi connectivity index (χ3v) is 6.14. The van der Waals surface area contributed by atoms with Crippen molar-refractivity contribution in [1.29, 1.82) is 0 Å². The van der Waals surface area contributed by atoms with Crippen LogP contribution in [0, 0.1) is 9.49 Å². The Labute approximate surface area is 145 Å². The molecule has 0 unspecified atom stereocenters. The number of nitrogens with one attached hydrogen (secondary N) is 2. The molecule has 0 spiro atoms. The molecule has 1 aliphatic carbocycles. The minimum atomic E-state index is -3.64. The van der Waals surface area contributed by atoms with E-state index in [1.54, 1.807) is 12.1 Å². The lowest BCUT2D eigenvalue weighted by Gasteiger charge is -2.29. The van der Waals surface area contributed by atoms with Crippen molar-refractivity contribution in [3.63, 3.8) is 0 Å². The lowest BCUT2D eigenvalue weighted by Crippen LogP contribution is -2.45. The molecule has 2 atom stereocenters. The molecular weight excluding hydrogens is 415 g/mol. The monoisotopic (exact) mass is 436 g/mol. The Morgan fingerprint density at radius 2 is 1.86 bits per heavy atom. The Kier molecular flexibility index (Phi) is 6.22. The molecule has 0 aromatic heterocycles. The highest BCUT2D eigenvalue weighted by Crippen LogP contribution is 2.23. The number of carbonyl (C=O) groups is 1. The Hall–Kier alpha value is -0.670. The molecule has 0 saturated heterocycles. The molecule has 0 aliphatic heterocycles. The number of carbonyl (C=O) groups excluding carboxylic acids is 1. The van der Waals surface area contributed by atoms with Gasteiger partial charge < -0.3 is 5.32 Å². The average Bonchev–Trinajstić information content (AvgIpc) is 2.48. The summed E-state index contributed by atoms with van der Waals surface area (Å²) in [7, 11) is -3.64. The van der Waals surface area contributed by atoms with E-state index in [0.717, 1.165) is 22.8 Å². The molecule has 1 amide bonds. The van der Waals surface area contributed by atoms with Gasteiger partial charge in [-0.25, -0.2) is 13.1 Å². The summed E-state index contributed by atoms with van der Waals surface area (Å²) in [4.78, 5) is 12.1. The van der Waals surface area contributed by atoms with Crippen LogP contribution in [0.2, 0.25) is 0 Å². The van der Waals surface area contributed by atoms with Gasteiger partial charge in [0.2, 0.25) is 15.9 Å². The fourth-order valence-electron chi connectivity index (χ4n) is 2.65. The first-order valence-corrected chi connectivity index (χ1v) is 9.99. The van der Waals surface area contributed by atoms with E-state index in [-0.39, 0.29) is 23.4 Å². The van der Waals surface area contributed by atoms with Gasteiger partial charge in [0.15, 0.2) is 0 Å². The molecule has 0 radical (unpaired) electrons. The summed E-state index contributed by atoms with van der Waals surface area (Å²) in [5.74, 6) is 0.179. The summed E-state index contributed by atoms with van der Waals surface area (Å²) in [6.45, 7) is 1.90. The summed E-state index contributed by atoms with van der Waals surface area (Å²) in [6.07, 6.45) is 4.40. The van der Waals surface area contributed by atoms with Crippen molar-refractivity contribution < 1.29 is 13.2 Å². The van der Waals surface area contributed by atoms with E-state index < -0.39 is 10.0 Å². The maximum Gasteiger partial charge on any atom is 0.241 e. The van der Waals surface area contributed by atoms with E-state index in [9.17, 15) is 13.2 Å². The van der Waals surface area contributed by atoms with E-state index in [4.69, 9.17) is 0 Å². The van der Waals surface area contributed by atoms with Crippen molar-refractivity contribution in [2.45, 2.75) is 43.5 Å². The number of benzene rings is 1. The molecule has 1 aliphatic rings.